The first-order valence-corrected chi connectivity index (χ1v) is 15.2. The zero-order chi connectivity index (χ0) is 29.4. The number of hydrogen-bond acceptors (Lipinski definition) is 5. The van der Waals surface area contributed by atoms with Gasteiger partial charge in [0.1, 0.15) is 11.3 Å². The molecule has 1 spiro atoms. The van der Waals surface area contributed by atoms with Crippen LogP contribution in [0, 0.1) is 5.92 Å². The largest absolute Gasteiger partial charge is 0.476 e. The van der Waals surface area contributed by atoms with E-state index in [0.717, 1.165) is 43.2 Å². The second kappa shape index (κ2) is 11.8. The smallest absolute Gasteiger partial charge is 0.349 e. The van der Waals surface area contributed by atoms with Crippen molar-refractivity contribution in [1.82, 2.24) is 9.80 Å². The van der Waals surface area contributed by atoms with E-state index in [1.165, 1.54) is 12.0 Å². The van der Waals surface area contributed by atoms with Gasteiger partial charge in [-0.25, -0.2) is 9.59 Å². The van der Waals surface area contributed by atoms with Crippen molar-refractivity contribution in [3.05, 3.63) is 63.6 Å². The van der Waals surface area contributed by atoms with Crippen molar-refractivity contribution in [2.24, 2.45) is 5.92 Å². The molecule has 1 aliphatic heterocycles. The number of urea groups is 1. The molecule has 5 rings (SSSR count). The number of carbonyl (C=O) groups is 3. The molecule has 1 saturated heterocycles. The van der Waals surface area contributed by atoms with E-state index in [0.29, 0.717) is 54.1 Å². The second-order valence-corrected chi connectivity index (χ2v) is 13.0. The second-order valence-electron chi connectivity index (χ2n) is 12.1. The maximum Gasteiger partial charge on any atom is 0.349 e. The summed E-state index contributed by atoms with van der Waals surface area (Å²) < 4.78 is 10.9. The summed E-state index contributed by atoms with van der Waals surface area (Å²) in [5.74, 6) is 0.712. The van der Waals surface area contributed by atoms with E-state index in [1.807, 2.05) is 29.2 Å². The van der Waals surface area contributed by atoms with Gasteiger partial charge in [-0.2, -0.15) is 0 Å². The molecule has 220 valence electrons. The van der Waals surface area contributed by atoms with Crippen LogP contribution >= 0.6 is 23.2 Å². The maximum absolute atomic E-state index is 14.0. The molecule has 3 aliphatic rings. The van der Waals surface area contributed by atoms with E-state index in [-0.39, 0.29) is 17.9 Å². The fourth-order valence-corrected chi connectivity index (χ4v) is 6.97. The van der Waals surface area contributed by atoms with Gasteiger partial charge in [-0.05, 0) is 106 Å². The van der Waals surface area contributed by atoms with Gasteiger partial charge in [0.2, 0.25) is 0 Å². The Morgan fingerprint density at radius 1 is 1.05 bits per heavy atom. The van der Waals surface area contributed by atoms with Gasteiger partial charge in [-0.15, -0.1) is 0 Å². The van der Waals surface area contributed by atoms with Crippen molar-refractivity contribution in [1.29, 1.82) is 0 Å². The highest BCUT2D eigenvalue weighted by Crippen LogP contribution is 2.46. The van der Waals surface area contributed by atoms with E-state index in [4.69, 9.17) is 32.7 Å². The Morgan fingerprint density at radius 3 is 2.41 bits per heavy atom. The average molecular weight is 602 g/mol. The number of halogens is 2. The van der Waals surface area contributed by atoms with Gasteiger partial charge in [0.15, 0.2) is 5.60 Å². The number of methoxy groups -OCH3 is 1. The minimum atomic E-state index is -1.11. The van der Waals surface area contributed by atoms with Crippen molar-refractivity contribution in [3.8, 4) is 5.75 Å². The average Bonchev–Trinajstić information content (AvgIpc) is 3.10. The molecule has 2 saturated carbocycles. The topological polar surface area (TPSA) is 76.1 Å². The van der Waals surface area contributed by atoms with Crippen molar-refractivity contribution < 1.29 is 23.9 Å². The van der Waals surface area contributed by atoms with Crippen LogP contribution in [0.25, 0.3) is 0 Å². The lowest BCUT2D eigenvalue weighted by Gasteiger charge is -2.41. The van der Waals surface area contributed by atoms with Gasteiger partial charge < -0.3 is 14.4 Å². The molecule has 3 fully saturated rings. The molecule has 41 heavy (non-hydrogen) atoms. The third-order valence-corrected chi connectivity index (χ3v) is 9.69. The van der Waals surface area contributed by atoms with Gasteiger partial charge >= 0.3 is 12.0 Å². The van der Waals surface area contributed by atoms with Gasteiger partial charge in [-0.3, -0.25) is 9.69 Å². The molecule has 2 aromatic carbocycles. The van der Waals surface area contributed by atoms with Crippen LogP contribution < -0.4 is 4.74 Å². The minimum Gasteiger partial charge on any atom is -0.476 e. The van der Waals surface area contributed by atoms with Crippen LogP contribution in [-0.2, 0) is 20.7 Å². The molecule has 2 aromatic rings. The molecule has 0 N–H and O–H groups in total. The van der Waals surface area contributed by atoms with Crippen LogP contribution in [0.5, 0.6) is 5.75 Å². The third kappa shape index (κ3) is 5.94. The summed E-state index contributed by atoms with van der Waals surface area (Å²) in [6.07, 6.45) is 6.55. The Morgan fingerprint density at radius 2 is 1.78 bits per heavy atom. The number of ether oxygens (including phenoxy) is 2. The van der Waals surface area contributed by atoms with E-state index >= 15 is 0 Å². The first kappa shape index (κ1) is 29.7. The monoisotopic (exact) mass is 600 g/mol. The number of esters is 1. The molecular weight excluding hydrogens is 563 g/mol. The number of rotatable bonds is 9. The fraction of sp³-hybridized carbons (Fsp3) is 0.531. The van der Waals surface area contributed by atoms with Crippen LogP contribution in [0.2, 0.25) is 10.0 Å². The Hall–Kier alpha value is -2.77. The summed E-state index contributed by atoms with van der Waals surface area (Å²) in [6.45, 7) is 4.29. The summed E-state index contributed by atoms with van der Waals surface area (Å²) >= 11 is 12.5. The Kier molecular flexibility index (Phi) is 8.58. The normalized spacial score (nSPS) is 23.2. The predicted molar refractivity (Wildman–Crippen MR) is 158 cm³/mol. The van der Waals surface area contributed by atoms with Gasteiger partial charge in [0.25, 0.3) is 5.91 Å². The quantitative estimate of drug-likeness (QED) is 0.228. The van der Waals surface area contributed by atoms with Crippen LogP contribution in [-0.4, -0.2) is 59.0 Å². The number of carbonyl (C=O) groups excluding carboxylic acids is 3. The Bertz CT molecular complexity index is 1320. The number of amides is 3. The third-order valence-electron chi connectivity index (χ3n) is 9.10. The van der Waals surface area contributed by atoms with Crippen LogP contribution in [0.4, 0.5) is 4.79 Å². The van der Waals surface area contributed by atoms with Crippen LogP contribution in [0.15, 0.2) is 42.5 Å². The predicted octanol–water partition coefficient (Wildman–Crippen LogP) is 7.03. The molecule has 7 nitrogen and oxygen atoms in total. The van der Waals surface area contributed by atoms with Crippen molar-refractivity contribution in [3.63, 3.8) is 0 Å². The van der Waals surface area contributed by atoms with Gasteiger partial charge in [0.05, 0.1) is 7.11 Å². The molecule has 0 aromatic heterocycles. The summed E-state index contributed by atoms with van der Waals surface area (Å²) in [4.78, 5) is 43.2. The number of nitrogens with zero attached hydrogens (tertiary/aromatic N) is 2. The molecule has 1 heterocycles. The molecular formula is C32H38Cl2N2O5. The highest BCUT2D eigenvalue weighted by molar-refractivity contribution is 6.35. The lowest BCUT2D eigenvalue weighted by molar-refractivity contribution is -0.156. The van der Waals surface area contributed by atoms with E-state index < -0.39 is 17.1 Å². The van der Waals surface area contributed by atoms with Crippen LogP contribution in [0.3, 0.4) is 0 Å². The summed E-state index contributed by atoms with van der Waals surface area (Å²) in [7, 11) is 1.34. The van der Waals surface area contributed by atoms with E-state index in [1.54, 1.807) is 26.0 Å². The Balaban J connectivity index is 1.33. The summed E-state index contributed by atoms with van der Waals surface area (Å²) in [6, 6.07) is 13.0. The van der Waals surface area contributed by atoms with Crippen molar-refractivity contribution in [2.75, 3.05) is 20.2 Å². The summed E-state index contributed by atoms with van der Waals surface area (Å²) in [5.41, 5.74) is 0.0554. The molecule has 0 radical (unpaired) electrons. The lowest BCUT2D eigenvalue weighted by Crippen LogP contribution is -2.52. The first-order valence-electron chi connectivity index (χ1n) is 14.5. The van der Waals surface area contributed by atoms with Gasteiger partial charge in [0, 0.05) is 23.1 Å². The van der Waals surface area contributed by atoms with Crippen molar-refractivity contribution in [2.45, 2.75) is 82.3 Å². The number of imide groups is 1. The maximum atomic E-state index is 14.0. The zero-order valence-electron chi connectivity index (χ0n) is 24.0. The standard InChI is InChI=1S/C32H38Cl2N2O5/c1-31(2,29(38)40-3)41-26-9-5-8-24(18-26)22-12-15-32(16-13-22)28(37)35(20-21-6-4-7-21)30(39)36(32)17-14-23-10-11-25(33)19-27(23)34/h5,8-11,18-19,21-22H,4,6-7,12-17,20H2,1-3H3. The first-order chi connectivity index (χ1) is 19.5. The molecule has 3 amide bonds. The highest BCUT2D eigenvalue weighted by Gasteiger charge is 2.58. The van der Waals surface area contributed by atoms with Crippen LogP contribution in [0.1, 0.15) is 75.8 Å². The molecule has 0 unspecified atom stereocenters. The van der Waals surface area contributed by atoms with Crippen molar-refractivity contribution >= 4 is 41.1 Å². The summed E-state index contributed by atoms with van der Waals surface area (Å²) in [5, 5.41) is 1.13. The zero-order valence-corrected chi connectivity index (χ0v) is 25.5. The molecule has 2 aliphatic carbocycles. The molecule has 0 bridgehead atoms. The molecule has 0 atom stereocenters. The highest BCUT2D eigenvalue weighted by atomic mass is 35.5. The Labute approximate surface area is 252 Å². The van der Waals surface area contributed by atoms with E-state index in [9.17, 15) is 14.4 Å². The fourth-order valence-electron chi connectivity index (χ4n) is 6.47. The number of benzene rings is 2. The molecule has 9 heteroatoms. The number of hydrogen-bond donors (Lipinski definition) is 0. The van der Waals surface area contributed by atoms with Gasteiger partial charge in [-0.1, -0.05) is 47.8 Å². The lowest BCUT2D eigenvalue weighted by atomic mass is 9.73. The van der Waals surface area contributed by atoms with E-state index in [2.05, 4.69) is 6.07 Å². The minimum absolute atomic E-state index is 0.0491. The SMILES string of the molecule is COC(=O)C(C)(C)Oc1cccc(C2CCC3(CC2)C(=O)N(CC2CCC2)C(=O)N3CCc2ccc(Cl)cc2Cl)c1.